The average molecular weight is 351 g/mol. The maximum Gasteiger partial charge on any atom is 0.254 e. The van der Waals surface area contributed by atoms with Crippen molar-refractivity contribution in [3.63, 3.8) is 0 Å². The molecule has 4 rings (SSSR count). The molecule has 2 aromatic heterocycles. The van der Waals surface area contributed by atoms with E-state index in [0.717, 1.165) is 29.1 Å². The maximum atomic E-state index is 13.1. The number of fused-ring (bicyclic) bond motifs is 1. The Morgan fingerprint density at radius 3 is 2.88 bits per heavy atom. The number of aromatic nitrogens is 6. The van der Waals surface area contributed by atoms with Crippen LogP contribution < -0.4 is 0 Å². The van der Waals surface area contributed by atoms with Gasteiger partial charge in [-0.05, 0) is 41.5 Å². The summed E-state index contributed by atoms with van der Waals surface area (Å²) in [5.74, 6) is 1.02. The first-order valence-electron chi connectivity index (χ1n) is 8.75. The minimum absolute atomic E-state index is 0.0131. The van der Waals surface area contributed by atoms with Crippen LogP contribution in [0, 0.1) is 6.92 Å². The smallest absolute Gasteiger partial charge is 0.254 e. The van der Waals surface area contributed by atoms with Gasteiger partial charge in [0.1, 0.15) is 0 Å². The zero-order valence-electron chi connectivity index (χ0n) is 15.1. The number of tetrazole rings is 1. The molecular weight excluding hydrogens is 330 g/mol. The lowest BCUT2D eigenvalue weighted by Crippen LogP contribution is -2.36. The zero-order chi connectivity index (χ0) is 18.3. The normalized spacial score (nSPS) is 13.9. The fourth-order valence-electron chi connectivity index (χ4n) is 3.39. The molecule has 3 aromatic rings. The van der Waals surface area contributed by atoms with Gasteiger partial charge in [-0.2, -0.15) is 9.78 Å². The van der Waals surface area contributed by atoms with Crippen molar-refractivity contribution in [3.05, 3.63) is 52.6 Å². The molecule has 0 fully saturated rings. The first-order chi connectivity index (χ1) is 12.5. The average Bonchev–Trinajstić information content (AvgIpc) is 3.26. The second-order valence-corrected chi connectivity index (χ2v) is 6.89. The van der Waals surface area contributed by atoms with E-state index in [0.29, 0.717) is 30.4 Å². The van der Waals surface area contributed by atoms with Crippen LogP contribution in [0.5, 0.6) is 0 Å². The molecule has 0 spiro atoms. The number of aromatic amines is 1. The van der Waals surface area contributed by atoms with E-state index in [1.165, 1.54) is 0 Å². The highest BCUT2D eigenvalue weighted by molar-refractivity contribution is 5.94. The maximum absolute atomic E-state index is 13.1. The molecule has 0 saturated carbocycles. The number of nitrogens with zero attached hydrogens (tertiary/aromatic N) is 6. The summed E-state index contributed by atoms with van der Waals surface area (Å²) in [4.78, 5) is 14.9. The van der Waals surface area contributed by atoms with Crippen LogP contribution in [0.1, 0.15) is 52.9 Å². The molecule has 0 atom stereocenters. The summed E-state index contributed by atoms with van der Waals surface area (Å²) in [5, 5.41) is 19.1. The Balaban J connectivity index is 1.61. The highest BCUT2D eigenvalue weighted by atomic mass is 16.2. The molecular formula is C18H21N7O. The molecule has 1 aliphatic rings. The molecule has 8 nitrogen and oxygen atoms in total. The Hall–Kier alpha value is -3.03. The summed E-state index contributed by atoms with van der Waals surface area (Å²) in [5.41, 5.74) is 4.77. The van der Waals surface area contributed by atoms with Crippen LogP contribution in [0.2, 0.25) is 0 Å². The number of aryl methyl sites for hydroxylation is 1. The number of carbonyl (C=O) groups excluding carboxylic acids is 1. The standard InChI is InChI=1S/C18H21N7O/c1-11(2)17-15-10-24(8-7-16(15)20-21-17)18(26)13-5-4-6-14(9-13)25-12(3)19-22-23-25/h4-6,9,11H,7-8,10H2,1-3H3,(H,20,21). The van der Waals surface area contributed by atoms with Crippen LogP contribution >= 0.6 is 0 Å². The van der Waals surface area contributed by atoms with E-state index in [1.54, 1.807) is 4.68 Å². The van der Waals surface area contributed by atoms with Gasteiger partial charge in [0.2, 0.25) is 0 Å². The number of H-pyrrole nitrogens is 1. The fourth-order valence-corrected chi connectivity index (χ4v) is 3.39. The summed E-state index contributed by atoms with van der Waals surface area (Å²) >= 11 is 0. The largest absolute Gasteiger partial charge is 0.334 e. The lowest BCUT2D eigenvalue weighted by molar-refractivity contribution is 0.0733. The monoisotopic (exact) mass is 351 g/mol. The van der Waals surface area contributed by atoms with Crippen molar-refractivity contribution < 1.29 is 4.79 Å². The summed E-state index contributed by atoms with van der Waals surface area (Å²) < 4.78 is 1.62. The number of nitrogens with one attached hydrogen (secondary N) is 1. The second-order valence-electron chi connectivity index (χ2n) is 6.89. The molecule has 1 aromatic carbocycles. The van der Waals surface area contributed by atoms with Gasteiger partial charge in [0.05, 0.1) is 11.4 Å². The van der Waals surface area contributed by atoms with E-state index in [-0.39, 0.29) is 5.91 Å². The van der Waals surface area contributed by atoms with Crippen molar-refractivity contribution >= 4 is 5.91 Å². The predicted octanol–water partition coefficient (Wildman–Crippen LogP) is 2.02. The molecule has 0 radical (unpaired) electrons. The summed E-state index contributed by atoms with van der Waals surface area (Å²) in [6.45, 7) is 7.34. The highest BCUT2D eigenvalue weighted by Crippen LogP contribution is 2.26. The molecule has 0 unspecified atom stereocenters. The van der Waals surface area contributed by atoms with E-state index in [1.807, 2.05) is 36.1 Å². The van der Waals surface area contributed by atoms with Crippen molar-refractivity contribution in [2.75, 3.05) is 6.54 Å². The SMILES string of the molecule is Cc1nnnn1-c1cccc(C(=O)N2CCc3[nH]nc(C(C)C)c3C2)c1. The van der Waals surface area contributed by atoms with Gasteiger partial charge in [-0.3, -0.25) is 9.89 Å². The summed E-state index contributed by atoms with van der Waals surface area (Å²) in [6, 6.07) is 7.41. The quantitative estimate of drug-likeness (QED) is 0.779. The van der Waals surface area contributed by atoms with Crippen LogP contribution in [0.4, 0.5) is 0 Å². The fraction of sp³-hybridized carbons (Fsp3) is 0.389. The van der Waals surface area contributed by atoms with Crippen LogP contribution in [0.15, 0.2) is 24.3 Å². The Bertz CT molecular complexity index is 956. The minimum atomic E-state index is 0.0131. The molecule has 3 heterocycles. The number of hydrogen-bond donors (Lipinski definition) is 1. The van der Waals surface area contributed by atoms with Crippen molar-refractivity contribution in [1.29, 1.82) is 0 Å². The van der Waals surface area contributed by atoms with Gasteiger partial charge in [0.25, 0.3) is 5.91 Å². The molecule has 1 aliphatic heterocycles. The number of hydrogen-bond acceptors (Lipinski definition) is 5. The van der Waals surface area contributed by atoms with Crippen molar-refractivity contribution in [2.24, 2.45) is 0 Å². The third-order valence-electron chi connectivity index (χ3n) is 4.76. The van der Waals surface area contributed by atoms with Gasteiger partial charge < -0.3 is 4.90 Å². The number of carbonyl (C=O) groups is 1. The third-order valence-corrected chi connectivity index (χ3v) is 4.76. The van der Waals surface area contributed by atoms with Gasteiger partial charge in [0.15, 0.2) is 5.82 Å². The number of benzene rings is 1. The highest BCUT2D eigenvalue weighted by Gasteiger charge is 2.26. The summed E-state index contributed by atoms with van der Waals surface area (Å²) in [7, 11) is 0. The van der Waals surface area contributed by atoms with Gasteiger partial charge in [-0.15, -0.1) is 5.10 Å². The number of amides is 1. The van der Waals surface area contributed by atoms with Crippen LogP contribution in [-0.4, -0.2) is 47.8 Å². The molecule has 1 amide bonds. The second kappa shape index (κ2) is 6.36. The minimum Gasteiger partial charge on any atom is -0.334 e. The van der Waals surface area contributed by atoms with Crippen molar-refractivity contribution in [3.8, 4) is 5.69 Å². The first-order valence-corrected chi connectivity index (χ1v) is 8.75. The van der Waals surface area contributed by atoms with Gasteiger partial charge in [-0.25, -0.2) is 0 Å². The number of rotatable bonds is 3. The molecule has 0 bridgehead atoms. The Morgan fingerprint density at radius 1 is 1.31 bits per heavy atom. The van der Waals surface area contributed by atoms with Crippen LogP contribution in [0.3, 0.4) is 0 Å². The first kappa shape index (κ1) is 16.4. The topological polar surface area (TPSA) is 92.6 Å². The van der Waals surface area contributed by atoms with E-state index in [4.69, 9.17) is 0 Å². The molecule has 0 aliphatic carbocycles. The predicted molar refractivity (Wildman–Crippen MR) is 95.0 cm³/mol. The molecule has 0 saturated heterocycles. The Kier molecular flexibility index (Phi) is 4.02. The molecule has 26 heavy (non-hydrogen) atoms. The lowest BCUT2D eigenvalue weighted by atomic mass is 9.99. The third kappa shape index (κ3) is 2.77. The van der Waals surface area contributed by atoms with E-state index < -0.39 is 0 Å². The zero-order valence-corrected chi connectivity index (χ0v) is 15.1. The Labute approximate surface area is 151 Å². The van der Waals surface area contributed by atoms with Crippen LogP contribution in [-0.2, 0) is 13.0 Å². The van der Waals surface area contributed by atoms with Crippen molar-refractivity contribution in [1.82, 2.24) is 35.3 Å². The molecule has 1 N–H and O–H groups in total. The lowest BCUT2D eigenvalue weighted by Gasteiger charge is -2.27. The van der Waals surface area contributed by atoms with Gasteiger partial charge >= 0.3 is 0 Å². The van der Waals surface area contributed by atoms with Gasteiger partial charge in [0, 0.05) is 36.3 Å². The van der Waals surface area contributed by atoms with Crippen molar-refractivity contribution in [2.45, 2.75) is 39.7 Å². The summed E-state index contributed by atoms with van der Waals surface area (Å²) in [6.07, 6.45) is 0.798. The van der Waals surface area contributed by atoms with Gasteiger partial charge in [-0.1, -0.05) is 19.9 Å². The molecule has 8 heteroatoms. The van der Waals surface area contributed by atoms with E-state index >= 15 is 0 Å². The van der Waals surface area contributed by atoms with E-state index in [9.17, 15) is 4.79 Å². The van der Waals surface area contributed by atoms with E-state index in [2.05, 4.69) is 39.6 Å². The van der Waals surface area contributed by atoms with Crippen LogP contribution in [0.25, 0.3) is 5.69 Å². The molecule has 134 valence electrons. The Morgan fingerprint density at radius 2 is 2.15 bits per heavy atom.